The number of aromatic nitrogens is 1. The highest BCUT2D eigenvalue weighted by atomic mass is 32.1. The van der Waals surface area contributed by atoms with Gasteiger partial charge in [0, 0.05) is 5.56 Å². The third-order valence-corrected chi connectivity index (χ3v) is 7.25. The van der Waals surface area contributed by atoms with E-state index in [1.807, 2.05) is 63.2 Å². The van der Waals surface area contributed by atoms with Gasteiger partial charge in [-0.25, -0.2) is 4.98 Å². The number of anilines is 1. The minimum absolute atomic E-state index is 0.0397. The van der Waals surface area contributed by atoms with Crippen molar-refractivity contribution < 1.29 is 19.4 Å². The molecule has 4 aromatic rings. The summed E-state index contributed by atoms with van der Waals surface area (Å²) in [4.78, 5) is 33.0. The van der Waals surface area contributed by atoms with Crippen molar-refractivity contribution in [2.75, 3.05) is 12.0 Å². The van der Waals surface area contributed by atoms with Gasteiger partial charge in [-0.2, -0.15) is 0 Å². The molecule has 1 amide bonds. The van der Waals surface area contributed by atoms with Gasteiger partial charge in [-0.3, -0.25) is 14.5 Å². The second-order valence-electron chi connectivity index (χ2n) is 8.69. The smallest absolute Gasteiger partial charge is 0.301 e. The molecule has 35 heavy (non-hydrogen) atoms. The Labute approximate surface area is 207 Å². The average molecular weight is 485 g/mol. The fourth-order valence-electron chi connectivity index (χ4n) is 4.62. The molecule has 1 aromatic heterocycles. The van der Waals surface area contributed by atoms with Crippen LogP contribution in [0.15, 0.2) is 66.2 Å². The lowest BCUT2D eigenvalue weighted by Crippen LogP contribution is -2.29. The lowest BCUT2D eigenvalue weighted by Gasteiger charge is -2.23. The first kappa shape index (κ1) is 22.8. The van der Waals surface area contributed by atoms with Crippen LogP contribution in [0.5, 0.6) is 5.75 Å². The number of hydrogen-bond acceptors (Lipinski definition) is 6. The maximum absolute atomic E-state index is 13.4. The predicted molar refractivity (Wildman–Crippen MR) is 138 cm³/mol. The van der Waals surface area contributed by atoms with E-state index in [9.17, 15) is 14.7 Å². The quantitative estimate of drug-likeness (QED) is 0.223. The highest BCUT2D eigenvalue weighted by Crippen LogP contribution is 2.44. The standard InChI is InChI=1S/C28H24N2O4S/c1-15-12-17(3)23-21(13-15)35-28(29-23)30-24(18-8-6-5-7-9-18)22(26(32)27(30)33)25(31)19-10-11-20(34-4)16(2)14-19/h5-14,24,31H,1-4H3. The number of hydrogen-bond donors (Lipinski definition) is 1. The number of nitrogens with zero attached hydrogens (tertiary/aromatic N) is 2. The molecule has 176 valence electrons. The van der Waals surface area contributed by atoms with Gasteiger partial charge < -0.3 is 9.84 Å². The van der Waals surface area contributed by atoms with Crippen LogP contribution in [0.1, 0.15) is 33.9 Å². The van der Waals surface area contributed by atoms with Crippen LogP contribution in [0.4, 0.5) is 5.13 Å². The summed E-state index contributed by atoms with van der Waals surface area (Å²) in [7, 11) is 1.57. The van der Waals surface area contributed by atoms with Crippen molar-refractivity contribution in [2.24, 2.45) is 0 Å². The number of Topliss-reactive ketones (excluding diaryl/α,β-unsaturated/α-hetero) is 1. The molecule has 3 aromatic carbocycles. The molecule has 5 rings (SSSR count). The zero-order valence-electron chi connectivity index (χ0n) is 19.8. The van der Waals surface area contributed by atoms with Gasteiger partial charge in [0.25, 0.3) is 5.78 Å². The van der Waals surface area contributed by atoms with E-state index in [1.54, 1.807) is 25.3 Å². The summed E-state index contributed by atoms with van der Waals surface area (Å²) in [5.41, 5.74) is 4.90. The topological polar surface area (TPSA) is 79.7 Å². The maximum atomic E-state index is 13.4. The molecule has 1 atom stereocenters. The lowest BCUT2D eigenvalue weighted by molar-refractivity contribution is -0.132. The number of ether oxygens (including phenoxy) is 1. The predicted octanol–water partition coefficient (Wildman–Crippen LogP) is 5.86. The van der Waals surface area contributed by atoms with Gasteiger partial charge in [-0.1, -0.05) is 47.7 Å². The van der Waals surface area contributed by atoms with Crippen molar-refractivity contribution in [1.82, 2.24) is 4.98 Å². The summed E-state index contributed by atoms with van der Waals surface area (Å²) in [6, 6.07) is 17.7. The molecule has 1 N–H and O–H groups in total. The number of methoxy groups -OCH3 is 1. The van der Waals surface area contributed by atoms with E-state index in [0.29, 0.717) is 22.0 Å². The number of rotatable bonds is 4. The summed E-state index contributed by atoms with van der Waals surface area (Å²) >= 11 is 1.37. The van der Waals surface area contributed by atoms with Gasteiger partial charge in [-0.15, -0.1) is 0 Å². The van der Waals surface area contributed by atoms with E-state index >= 15 is 0 Å². The van der Waals surface area contributed by atoms with Crippen molar-refractivity contribution in [3.8, 4) is 5.75 Å². The van der Waals surface area contributed by atoms with Crippen molar-refractivity contribution in [1.29, 1.82) is 0 Å². The highest BCUT2D eigenvalue weighted by Gasteiger charge is 2.48. The van der Waals surface area contributed by atoms with Crippen LogP contribution in [0.25, 0.3) is 16.0 Å². The Morgan fingerprint density at radius 3 is 2.43 bits per heavy atom. The highest BCUT2D eigenvalue weighted by molar-refractivity contribution is 7.22. The Kier molecular flexibility index (Phi) is 5.65. The van der Waals surface area contributed by atoms with E-state index in [2.05, 4.69) is 0 Å². The Bertz CT molecular complexity index is 1520. The molecule has 7 heteroatoms. The number of aliphatic hydroxyl groups excluding tert-OH is 1. The van der Waals surface area contributed by atoms with Gasteiger partial charge in [0.1, 0.15) is 11.5 Å². The molecular formula is C28H24N2O4S. The third kappa shape index (κ3) is 3.78. The molecule has 1 aliphatic rings. The molecule has 1 unspecified atom stereocenters. The number of carbonyl (C=O) groups excluding carboxylic acids is 2. The average Bonchev–Trinajstić information content (AvgIpc) is 3.38. The number of thiazole rings is 1. The fraction of sp³-hybridized carbons (Fsp3) is 0.179. The summed E-state index contributed by atoms with van der Waals surface area (Å²) in [6.07, 6.45) is 0. The molecule has 1 aliphatic heterocycles. The second-order valence-corrected chi connectivity index (χ2v) is 9.70. The molecule has 2 heterocycles. The molecule has 0 spiro atoms. The Hall–Kier alpha value is -3.97. The third-order valence-electron chi connectivity index (χ3n) is 6.25. The van der Waals surface area contributed by atoms with Crippen molar-refractivity contribution in [3.63, 3.8) is 0 Å². The van der Waals surface area contributed by atoms with Crippen molar-refractivity contribution >= 4 is 44.1 Å². The van der Waals surface area contributed by atoms with Crippen LogP contribution in [-0.4, -0.2) is 28.9 Å². The summed E-state index contributed by atoms with van der Waals surface area (Å²) in [5.74, 6) is -1.00. The first-order chi connectivity index (χ1) is 16.8. The number of fused-ring (bicyclic) bond motifs is 1. The zero-order chi connectivity index (χ0) is 24.9. The van der Waals surface area contributed by atoms with Crippen LogP contribution >= 0.6 is 11.3 Å². The largest absolute Gasteiger partial charge is 0.507 e. The van der Waals surface area contributed by atoms with E-state index in [-0.39, 0.29) is 11.3 Å². The minimum Gasteiger partial charge on any atom is -0.507 e. The lowest BCUT2D eigenvalue weighted by atomic mass is 9.95. The van der Waals surface area contributed by atoms with E-state index in [4.69, 9.17) is 9.72 Å². The minimum atomic E-state index is -0.805. The first-order valence-electron chi connectivity index (χ1n) is 11.2. The maximum Gasteiger partial charge on any atom is 0.301 e. The molecule has 0 aliphatic carbocycles. The Morgan fingerprint density at radius 1 is 1.00 bits per heavy atom. The SMILES string of the molecule is COc1ccc(C(O)=C2C(=O)C(=O)N(c3nc4c(C)cc(C)cc4s3)C2c2ccccc2)cc1C. The molecule has 1 fully saturated rings. The Morgan fingerprint density at radius 2 is 1.74 bits per heavy atom. The van der Waals surface area contributed by atoms with Crippen molar-refractivity contribution in [3.05, 3.63) is 94.1 Å². The van der Waals surface area contributed by atoms with Gasteiger partial charge in [0.05, 0.1) is 28.9 Å². The number of aryl methyl sites for hydroxylation is 3. The molecular weight excluding hydrogens is 460 g/mol. The number of carbonyl (C=O) groups is 2. The molecule has 0 radical (unpaired) electrons. The van der Waals surface area contributed by atoms with Gasteiger partial charge in [0.15, 0.2) is 5.13 Å². The summed E-state index contributed by atoms with van der Waals surface area (Å²) in [5, 5.41) is 11.8. The van der Waals surface area contributed by atoms with Gasteiger partial charge in [0.2, 0.25) is 0 Å². The van der Waals surface area contributed by atoms with E-state index in [0.717, 1.165) is 26.9 Å². The number of benzene rings is 3. The summed E-state index contributed by atoms with van der Waals surface area (Å²) in [6.45, 7) is 5.85. The van der Waals surface area contributed by atoms with Crippen LogP contribution in [0.2, 0.25) is 0 Å². The molecule has 0 bridgehead atoms. The van der Waals surface area contributed by atoms with Crippen LogP contribution in [-0.2, 0) is 9.59 Å². The fourth-order valence-corrected chi connectivity index (χ4v) is 5.79. The van der Waals surface area contributed by atoms with Crippen LogP contribution in [0, 0.1) is 20.8 Å². The van der Waals surface area contributed by atoms with Gasteiger partial charge in [-0.05, 0) is 67.3 Å². The van der Waals surface area contributed by atoms with E-state index < -0.39 is 17.7 Å². The number of amides is 1. The molecule has 0 saturated carbocycles. The first-order valence-corrected chi connectivity index (χ1v) is 12.0. The number of ketones is 1. The molecule has 1 saturated heterocycles. The normalized spacial score (nSPS) is 17.4. The van der Waals surface area contributed by atoms with Crippen molar-refractivity contribution in [2.45, 2.75) is 26.8 Å². The monoisotopic (exact) mass is 484 g/mol. The van der Waals surface area contributed by atoms with Crippen LogP contribution < -0.4 is 9.64 Å². The number of aliphatic hydroxyl groups is 1. The van der Waals surface area contributed by atoms with E-state index in [1.165, 1.54) is 16.2 Å². The van der Waals surface area contributed by atoms with Crippen LogP contribution in [0.3, 0.4) is 0 Å². The summed E-state index contributed by atoms with van der Waals surface area (Å²) < 4.78 is 6.26. The van der Waals surface area contributed by atoms with Gasteiger partial charge >= 0.3 is 5.91 Å². The zero-order valence-corrected chi connectivity index (χ0v) is 20.6. The Balaban J connectivity index is 1.72. The second kappa shape index (κ2) is 8.67. The molecule has 6 nitrogen and oxygen atoms in total.